The number of nitrogens with zero attached hydrogens (tertiary/aromatic N) is 2. The third-order valence-corrected chi connectivity index (χ3v) is 4.46. The lowest BCUT2D eigenvalue weighted by molar-refractivity contribution is -0.385. The number of carbonyl (C=O) groups excluding carboxylic acids is 3. The number of alkyl halides is 3. The number of ketones is 2. The molecule has 26 heavy (non-hydrogen) atoms. The third-order valence-electron chi connectivity index (χ3n) is 4.46. The van der Waals surface area contributed by atoms with Gasteiger partial charge >= 0.3 is 6.18 Å². The van der Waals surface area contributed by atoms with Crippen molar-refractivity contribution in [1.29, 1.82) is 0 Å². The van der Waals surface area contributed by atoms with Gasteiger partial charge in [-0.3, -0.25) is 24.5 Å². The molecule has 0 saturated carbocycles. The number of benzene rings is 1. The highest BCUT2D eigenvalue weighted by atomic mass is 19.4. The molecule has 0 spiro atoms. The van der Waals surface area contributed by atoms with Crippen LogP contribution in [0.1, 0.15) is 36.2 Å². The number of hydrogen-bond acceptors (Lipinski definition) is 5. The lowest BCUT2D eigenvalue weighted by atomic mass is 9.80. The van der Waals surface area contributed by atoms with Gasteiger partial charge in [-0.25, -0.2) is 0 Å². The number of nitro groups is 1. The second kappa shape index (κ2) is 6.19. The van der Waals surface area contributed by atoms with Crippen LogP contribution in [0, 0.1) is 16.0 Å². The lowest BCUT2D eigenvalue weighted by Gasteiger charge is -2.41. The third kappa shape index (κ3) is 3.31. The first-order chi connectivity index (χ1) is 11.8. The van der Waals surface area contributed by atoms with Crippen LogP contribution in [0.5, 0.6) is 0 Å². The summed E-state index contributed by atoms with van der Waals surface area (Å²) in [5.41, 5.74) is -3.95. The van der Waals surface area contributed by atoms with Crippen molar-refractivity contribution in [1.82, 2.24) is 4.90 Å². The Bertz CT molecular complexity index is 817. The van der Waals surface area contributed by atoms with E-state index in [9.17, 15) is 37.7 Å². The van der Waals surface area contributed by atoms with Gasteiger partial charge < -0.3 is 4.90 Å². The zero-order chi connectivity index (χ0) is 20.0. The van der Waals surface area contributed by atoms with Crippen LogP contribution >= 0.6 is 0 Å². The number of likely N-dealkylation sites (tertiary alicyclic amines) is 1. The maximum Gasteiger partial charge on any atom is 0.416 e. The minimum Gasteiger partial charge on any atom is -0.339 e. The Balaban J connectivity index is 2.51. The molecule has 1 unspecified atom stereocenters. The van der Waals surface area contributed by atoms with Crippen molar-refractivity contribution < 1.29 is 32.5 Å². The summed E-state index contributed by atoms with van der Waals surface area (Å²) in [7, 11) is 1.39. The van der Waals surface area contributed by atoms with E-state index in [4.69, 9.17) is 0 Å². The summed E-state index contributed by atoms with van der Waals surface area (Å²) in [4.78, 5) is 48.5. The van der Waals surface area contributed by atoms with Gasteiger partial charge in [0.1, 0.15) is 0 Å². The molecule has 0 N–H and O–H groups in total. The van der Waals surface area contributed by atoms with Crippen molar-refractivity contribution in [3.8, 4) is 0 Å². The molecule has 0 aliphatic carbocycles. The minimum absolute atomic E-state index is 0.153. The molecule has 0 bridgehead atoms. The largest absolute Gasteiger partial charge is 0.416 e. The van der Waals surface area contributed by atoms with Gasteiger partial charge in [0.15, 0.2) is 17.5 Å². The van der Waals surface area contributed by atoms with E-state index in [-0.39, 0.29) is 12.5 Å². The van der Waals surface area contributed by atoms with E-state index in [2.05, 4.69) is 0 Å². The molecule has 0 radical (unpaired) electrons. The summed E-state index contributed by atoms with van der Waals surface area (Å²) >= 11 is 0. The lowest BCUT2D eigenvalue weighted by Crippen LogP contribution is -2.57. The van der Waals surface area contributed by atoms with E-state index >= 15 is 0 Å². The monoisotopic (exact) mass is 372 g/mol. The van der Waals surface area contributed by atoms with E-state index in [1.807, 2.05) is 0 Å². The topological polar surface area (TPSA) is 97.6 Å². The molecule has 140 valence electrons. The maximum atomic E-state index is 12.8. The fourth-order valence-electron chi connectivity index (χ4n) is 2.76. The highest BCUT2D eigenvalue weighted by molar-refractivity contribution is 6.25. The molecule has 1 saturated heterocycles. The Morgan fingerprint density at radius 3 is 2.38 bits per heavy atom. The fourth-order valence-corrected chi connectivity index (χ4v) is 2.76. The predicted molar refractivity (Wildman–Crippen MR) is 82.4 cm³/mol. The number of nitro benzene ring substituents is 1. The van der Waals surface area contributed by atoms with Crippen molar-refractivity contribution >= 4 is 23.2 Å². The smallest absolute Gasteiger partial charge is 0.339 e. The van der Waals surface area contributed by atoms with E-state index in [1.165, 1.54) is 11.9 Å². The van der Waals surface area contributed by atoms with E-state index in [0.29, 0.717) is 12.1 Å². The Hall–Kier alpha value is -2.78. The molecule has 1 fully saturated rings. The number of carbonyl (C=O) groups is 3. The average Bonchev–Trinajstić information content (AvgIpc) is 2.50. The zero-order valence-corrected chi connectivity index (χ0v) is 14.1. The molecule has 1 aliphatic rings. The standard InChI is InChI=1S/C16H15F3N2O5/c1-15(2)7-11(22)12(14(24)20(15)3)13(23)9-5-4-8(16(17,18)19)6-10(9)21(25)26/h4-6,12H,7H2,1-3H3. The molecule has 1 aromatic rings. The van der Waals surface area contributed by atoms with E-state index < -0.39 is 56.8 Å². The number of hydrogen-bond donors (Lipinski definition) is 0. The zero-order valence-electron chi connectivity index (χ0n) is 14.1. The molecule has 1 amide bonds. The van der Waals surface area contributed by atoms with Gasteiger partial charge in [0.25, 0.3) is 5.69 Å². The average molecular weight is 372 g/mol. The number of rotatable bonds is 3. The van der Waals surface area contributed by atoms with Crippen LogP contribution in [0.25, 0.3) is 0 Å². The first kappa shape index (κ1) is 19.5. The highest BCUT2D eigenvalue weighted by Gasteiger charge is 2.48. The maximum absolute atomic E-state index is 12.8. The van der Waals surface area contributed by atoms with Gasteiger partial charge in [-0.05, 0) is 26.0 Å². The van der Waals surface area contributed by atoms with Gasteiger partial charge in [0.2, 0.25) is 5.91 Å². The van der Waals surface area contributed by atoms with Gasteiger partial charge in [0.05, 0.1) is 16.1 Å². The quantitative estimate of drug-likeness (QED) is 0.352. The normalized spacial score (nSPS) is 20.2. The molecule has 2 rings (SSSR count). The van der Waals surface area contributed by atoms with Crippen molar-refractivity contribution in [3.05, 3.63) is 39.4 Å². The SMILES string of the molecule is CN1C(=O)C(C(=O)c2ccc(C(F)(F)F)cc2[N+](=O)[O-])C(=O)CC1(C)C. The highest BCUT2D eigenvalue weighted by Crippen LogP contribution is 2.35. The van der Waals surface area contributed by atoms with Crippen molar-refractivity contribution in [2.45, 2.75) is 32.0 Å². The van der Waals surface area contributed by atoms with Crippen LogP contribution in [0.2, 0.25) is 0 Å². The number of piperidine rings is 1. The number of Topliss-reactive ketones (excluding diaryl/α,β-unsaturated/α-hetero) is 2. The summed E-state index contributed by atoms with van der Waals surface area (Å²) < 4.78 is 38.3. The molecule has 1 aliphatic heterocycles. The van der Waals surface area contributed by atoms with E-state index in [0.717, 1.165) is 0 Å². The molecule has 1 aromatic carbocycles. The first-order valence-corrected chi connectivity index (χ1v) is 7.47. The summed E-state index contributed by atoms with van der Waals surface area (Å²) in [6.07, 6.45) is -4.99. The molecule has 10 heteroatoms. The van der Waals surface area contributed by atoms with Crippen molar-refractivity contribution in [2.75, 3.05) is 7.05 Å². The van der Waals surface area contributed by atoms with Crippen molar-refractivity contribution in [3.63, 3.8) is 0 Å². The Labute approximate surface area is 145 Å². The Morgan fingerprint density at radius 1 is 1.31 bits per heavy atom. The minimum atomic E-state index is -4.84. The van der Waals surface area contributed by atoms with Crippen LogP contribution in [-0.4, -0.2) is 39.9 Å². The number of amides is 1. The van der Waals surface area contributed by atoms with E-state index in [1.54, 1.807) is 13.8 Å². The van der Waals surface area contributed by atoms with Crippen LogP contribution in [0.3, 0.4) is 0 Å². The summed E-state index contributed by atoms with van der Waals surface area (Å²) in [5.74, 6) is -4.55. The second-order valence-electron chi connectivity index (χ2n) is 6.64. The molecule has 7 nitrogen and oxygen atoms in total. The summed E-state index contributed by atoms with van der Waals surface area (Å²) in [6.45, 7) is 3.23. The van der Waals surface area contributed by atoms with Crippen LogP contribution < -0.4 is 0 Å². The molecular formula is C16H15F3N2O5. The molecule has 1 heterocycles. The Morgan fingerprint density at radius 2 is 1.88 bits per heavy atom. The predicted octanol–water partition coefficient (Wildman–Crippen LogP) is 2.62. The molecule has 1 atom stereocenters. The second-order valence-corrected chi connectivity index (χ2v) is 6.64. The van der Waals surface area contributed by atoms with Gasteiger partial charge in [-0.2, -0.15) is 13.2 Å². The first-order valence-electron chi connectivity index (χ1n) is 7.47. The van der Waals surface area contributed by atoms with Crippen molar-refractivity contribution in [2.24, 2.45) is 5.92 Å². The summed E-state index contributed by atoms with van der Waals surface area (Å²) in [6, 6.07) is 1.36. The van der Waals surface area contributed by atoms with Crippen LogP contribution in [-0.2, 0) is 15.8 Å². The molecule has 0 aromatic heterocycles. The van der Waals surface area contributed by atoms with Gasteiger partial charge in [-0.1, -0.05) is 0 Å². The summed E-state index contributed by atoms with van der Waals surface area (Å²) in [5, 5.41) is 11.1. The number of halogens is 3. The molecular weight excluding hydrogens is 357 g/mol. The fraction of sp³-hybridized carbons (Fsp3) is 0.438. The van der Waals surface area contributed by atoms with Crippen LogP contribution in [0.15, 0.2) is 18.2 Å². The Kier molecular flexibility index (Phi) is 4.65. The van der Waals surface area contributed by atoms with Gasteiger partial charge in [0, 0.05) is 25.1 Å². The van der Waals surface area contributed by atoms with Crippen LogP contribution in [0.4, 0.5) is 18.9 Å². The van der Waals surface area contributed by atoms with Gasteiger partial charge in [-0.15, -0.1) is 0 Å².